The molecule has 1 atom stereocenters. The monoisotopic (exact) mass is 448 g/mol. The van der Waals surface area contributed by atoms with Crippen LogP contribution in [0.2, 0.25) is 0 Å². The van der Waals surface area contributed by atoms with Crippen LogP contribution >= 0.6 is 12.4 Å². The first-order valence-corrected chi connectivity index (χ1v) is 9.01. The van der Waals surface area contributed by atoms with Crippen molar-refractivity contribution >= 4 is 24.3 Å². The van der Waals surface area contributed by atoms with Gasteiger partial charge < -0.3 is 15.0 Å². The number of amides is 1. The number of rotatable bonds is 6. The number of carbonyl (C=O) groups is 1. The molecule has 1 fully saturated rings. The van der Waals surface area contributed by atoms with Crippen LogP contribution in [0.15, 0.2) is 42.9 Å². The van der Waals surface area contributed by atoms with Gasteiger partial charge in [-0.15, -0.1) is 12.4 Å². The number of nitrogens with one attached hydrogen (secondary N) is 1. The van der Waals surface area contributed by atoms with Crippen molar-refractivity contribution in [2.75, 3.05) is 25.0 Å². The highest BCUT2D eigenvalue weighted by molar-refractivity contribution is 5.85. The van der Waals surface area contributed by atoms with Crippen molar-refractivity contribution in [3.8, 4) is 0 Å². The smallest absolute Gasteiger partial charge is 0.410 e. The minimum absolute atomic E-state index is 0. The van der Waals surface area contributed by atoms with Crippen molar-refractivity contribution in [1.82, 2.24) is 14.9 Å². The fraction of sp³-hybridized carbons (Fsp3) is 0.421. The zero-order valence-corrected chi connectivity index (χ0v) is 16.6. The number of nitrogens with zero attached hydrogens (tertiary/aromatic N) is 3. The van der Waals surface area contributed by atoms with Crippen molar-refractivity contribution in [2.24, 2.45) is 5.92 Å². The second kappa shape index (κ2) is 10.4. The summed E-state index contributed by atoms with van der Waals surface area (Å²) in [4.78, 5) is 20.8. The summed E-state index contributed by atoms with van der Waals surface area (Å²) in [7, 11) is 0. The molecule has 1 amide bonds. The first-order chi connectivity index (χ1) is 13.8. The second-order valence-electron chi connectivity index (χ2n) is 6.74. The molecule has 1 saturated heterocycles. The highest BCUT2D eigenvalue weighted by Crippen LogP contribution is 2.33. The molecule has 164 valence electrons. The zero-order valence-electron chi connectivity index (χ0n) is 15.8. The van der Waals surface area contributed by atoms with Crippen molar-refractivity contribution in [3.05, 3.63) is 54.0 Å². The Kier molecular flexibility index (Phi) is 8.22. The van der Waals surface area contributed by atoms with Crippen LogP contribution in [0, 0.1) is 5.92 Å². The van der Waals surface area contributed by atoms with Crippen LogP contribution in [-0.4, -0.2) is 46.5 Å². The van der Waals surface area contributed by atoms with E-state index >= 15 is 0 Å². The van der Waals surface area contributed by atoms with Gasteiger partial charge in [0, 0.05) is 30.8 Å². The first kappa shape index (κ1) is 23.7. The Hall–Kier alpha value is -2.62. The van der Waals surface area contributed by atoms with Gasteiger partial charge in [-0.25, -0.2) is 32.3 Å². The molecule has 3 rings (SSSR count). The van der Waals surface area contributed by atoms with E-state index < -0.39 is 30.9 Å². The van der Waals surface area contributed by atoms with Gasteiger partial charge in [-0.2, -0.15) is 0 Å². The number of hydrogen-bond acceptors (Lipinski definition) is 5. The van der Waals surface area contributed by atoms with E-state index in [2.05, 4.69) is 15.3 Å². The first-order valence-electron chi connectivity index (χ1n) is 9.01. The average molecular weight is 449 g/mol. The molecule has 0 spiro atoms. The number of anilines is 1. The van der Waals surface area contributed by atoms with Crippen LogP contribution in [0.4, 0.5) is 28.2 Å². The molecule has 2 heterocycles. The summed E-state index contributed by atoms with van der Waals surface area (Å²) >= 11 is 0. The lowest BCUT2D eigenvalue weighted by Gasteiger charge is -2.37. The number of carbonyl (C=O) groups excluding carboxylic acids is 1. The van der Waals surface area contributed by atoms with E-state index in [0.717, 1.165) is 4.90 Å². The van der Waals surface area contributed by atoms with Gasteiger partial charge in [0.2, 0.25) is 0 Å². The number of alkyl halides is 4. The third-order valence-corrected chi connectivity index (χ3v) is 4.71. The second-order valence-corrected chi connectivity index (χ2v) is 6.74. The Morgan fingerprint density at radius 3 is 2.60 bits per heavy atom. The lowest BCUT2D eigenvalue weighted by atomic mass is 9.93. The summed E-state index contributed by atoms with van der Waals surface area (Å²) in [5, 5.41) is 2.85. The van der Waals surface area contributed by atoms with Crippen LogP contribution in [0.3, 0.4) is 0 Å². The quantitative estimate of drug-likeness (QED) is 0.657. The molecule has 0 radical (unpaired) electrons. The SMILES string of the molecule is Cl.O=C(OCc1ccc(C(F)F)cc1)N1CCC(CNc2ccncn2)C(F)(F)C1. The summed E-state index contributed by atoms with van der Waals surface area (Å²) in [6, 6.07) is 6.87. The molecule has 1 aromatic carbocycles. The molecule has 0 aliphatic carbocycles. The molecule has 1 aromatic heterocycles. The Bertz CT molecular complexity index is 812. The lowest BCUT2D eigenvalue weighted by Crippen LogP contribution is -2.52. The van der Waals surface area contributed by atoms with Crippen molar-refractivity contribution < 1.29 is 27.1 Å². The number of halogens is 5. The molecule has 1 N–H and O–H groups in total. The van der Waals surface area contributed by atoms with Gasteiger partial charge in [0.15, 0.2) is 0 Å². The minimum Gasteiger partial charge on any atom is -0.445 e. The number of benzene rings is 1. The number of ether oxygens (including phenoxy) is 1. The number of aromatic nitrogens is 2. The largest absolute Gasteiger partial charge is 0.445 e. The molecule has 1 aliphatic rings. The summed E-state index contributed by atoms with van der Waals surface area (Å²) < 4.78 is 59.1. The zero-order chi connectivity index (χ0) is 20.9. The van der Waals surface area contributed by atoms with Gasteiger partial charge >= 0.3 is 6.09 Å². The van der Waals surface area contributed by atoms with Crippen LogP contribution < -0.4 is 5.32 Å². The van der Waals surface area contributed by atoms with E-state index in [1.165, 1.54) is 36.8 Å². The standard InChI is InChI=1S/C19H20F4N4O2.ClH/c20-17(21)14-3-1-13(2-4-14)10-29-18(28)27-8-6-15(19(22,23)11-27)9-25-16-5-7-24-12-26-16;/h1-5,7,12,15,17H,6,8-11H2,(H,24,25,26);1H. The van der Waals surface area contributed by atoms with Crippen LogP contribution in [-0.2, 0) is 11.3 Å². The van der Waals surface area contributed by atoms with Gasteiger partial charge in [0.1, 0.15) is 18.8 Å². The highest BCUT2D eigenvalue weighted by atomic mass is 35.5. The minimum atomic E-state index is -3.09. The van der Waals surface area contributed by atoms with E-state index in [0.29, 0.717) is 11.4 Å². The molecule has 0 saturated carbocycles. The molecule has 2 aromatic rings. The molecular formula is C19H21ClF4N4O2. The van der Waals surface area contributed by atoms with Crippen LogP contribution in [0.1, 0.15) is 24.0 Å². The van der Waals surface area contributed by atoms with E-state index in [1.54, 1.807) is 6.07 Å². The van der Waals surface area contributed by atoms with Crippen LogP contribution in [0.25, 0.3) is 0 Å². The molecule has 1 unspecified atom stereocenters. The molecule has 6 nitrogen and oxygen atoms in total. The van der Waals surface area contributed by atoms with Crippen molar-refractivity contribution in [3.63, 3.8) is 0 Å². The maximum absolute atomic E-state index is 14.5. The van der Waals surface area contributed by atoms with E-state index in [1.807, 2.05) is 0 Å². The third-order valence-electron chi connectivity index (χ3n) is 4.71. The Labute approximate surface area is 177 Å². The fourth-order valence-electron chi connectivity index (χ4n) is 3.01. The van der Waals surface area contributed by atoms with Gasteiger partial charge in [0.05, 0.1) is 6.54 Å². The van der Waals surface area contributed by atoms with Crippen molar-refractivity contribution in [2.45, 2.75) is 25.4 Å². The summed E-state index contributed by atoms with van der Waals surface area (Å²) in [5.74, 6) is -3.59. The normalized spacial score (nSPS) is 17.9. The third kappa shape index (κ3) is 6.19. The fourth-order valence-corrected chi connectivity index (χ4v) is 3.01. The molecular weight excluding hydrogens is 428 g/mol. The van der Waals surface area contributed by atoms with Gasteiger partial charge in [0.25, 0.3) is 12.3 Å². The molecule has 1 aliphatic heterocycles. The highest BCUT2D eigenvalue weighted by Gasteiger charge is 2.46. The maximum atomic E-state index is 14.5. The molecule has 0 bridgehead atoms. The lowest BCUT2D eigenvalue weighted by molar-refractivity contribution is -0.101. The van der Waals surface area contributed by atoms with Crippen LogP contribution in [0.5, 0.6) is 0 Å². The van der Waals surface area contributed by atoms with Gasteiger partial charge in [-0.3, -0.25) is 0 Å². The Morgan fingerprint density at radius 1 is 1.27 bits per heavy atom. The number of likely N-dealkylation sites (tertiary alicyclic amines) is 1. The predicted octanol–water partition coefficient (Wildman–Crippen LogP) is 4.54. The van der Waals surface area contributed by atoms with Crippen molar-refractivity contribution in [1.29, 1.82) is 0 Å². The predicted molar refractivity (Wildman–Crippen MR) is 104 cm³/mol. The summed E-state index contributed by atoms with van der Waals surface area (Å²) in [6.07, 6.45) is -0.514. The van der Waals surface area contributed by atoms with E-state index in [9.17, 15) is 22.4 Å². The topological polar surface area (TPSA) is 67.3 Å². The van der Waals surface area contributed by atoms with E-state index in [-0.39, 0.29) is 44.1 Å². The molecule has 30 heavy (non-hydrogen) atoms. The summed E-state index contributed by atoms with van der Waals surface area (Å²) in [6.45, 7) is -0.770. The number of piperidine rings is 1. The Balaban J connectivity index is 0.00000320. The maximum Gasteiger partial charge on any atom is 0.410 e. The van der Waals surface area contributed by atoms with Gasteiger partial charge in [-0.05, 0) is 18.1 Å². The summed E-state index contributed by atoms with van der Waals surface area (Å²) in [5.41, 5.74) is 0.357. The van der Waals surface area contributed by atoms with Gasteiger partial charge in [-0.1, -0.05) is 24.3 Å². The number of hydrogen-bond donors (Lipinski definition) is 1. The molecule has 11 heteroatoms. The average Bonchev–Trinajstić information content (AvgIpc) is 2.71. The Morgan fingerprint density at radius 2 is 2.00 bits per heavy atom. The van der Waals surface area contributed by atoms with E-state index in [4.69, 9.17) is 4.74 Å².